The average Bonchev–Trinajstić information content (AvgIpc) is 1.96. The molecule has 0 rings (SSSR count). The number of unbranched alkanes of at least 4 members (excludes halogenated alkanes) is 4. The summed E-state index contributed by atoms with van der Waals surface area (Å²) in [6, 6.07) is 0. The van der Waals surface area contributed by atoms with E-state index >= 15 is 0 Å². The number of hydrogen-bond donors (Lipinski definition) is 0. The largest absolute Gasteiger partial charge is 0.248 e. The molecule has 0 aliphatic rings. The van der Waals surface area contributed by atoms with Crippen LogP contribution in [0.1, 0.15) is 45.4 Å². The van der Waals surface area contributed by atoms with Crippen LogP contribution in [0, 0.1) is 0 Å². The van der Waals surface area contributed by atoms with Crippen LogP contribution >= 0.6 is 0 Å². The molecular formula is C10H19F. The average molecular weight is 158 g/mol. The van der Waals surface area contributed by atoms with Gasteiger partial charge in [-0.15, -0.1) is 6.58 Å². The Morgan fingerprint density at radius 3 is 2.45 bits per heavy atom. The molecule has 66 valence electrons. The van der Waals surface area contributed by atoms with Crippen LogP contribution in [-0.2, 0) is 0 Å². The van der Waals surface area contributed by atoms with Gasteiger partial charge < -0.3 is 0 Å². The molecule has 0 amide bonds. The van der Waals surface area contributed by atoms with Crippen molar-refractivity contribution in [2.75, 3.05) is 0 Å². The second kappa shape index (κ2) is 7.77. The van der Waals surface area contributed by atoms with Gasteiger partial charge in [-0.3, -0.25) is 0 Å². The van der Waals surface area contributed by atoms with Crippen molar-refractivity contribution in [1.29, 1.82) is 0 Å². The minimum atomic E-state index is -0.616. The van der Waals surface area contributed by atoms with Gasteiger partial charge in [0.25, 0.3) is 0 Å². The van der Waals surface area contributed by atoms with Gasteiger partial charge in [0.1, 0.15) is 0 Å². The summed E-state index contributed by atoms with van der Waals surface area (Å²) in [7, 11) is 0. The van der Waals surface area contributed by atoms with Crippen molar-refractivity contribution in [2.45, 2.75) is 51.6 Å². The predicted molar refractivity (Wildman–Crippen MR) is 48.5 cm³/mol. The van der Waals surface area contributed by atoms with Crippen molar-refractivity contribution in [3.63, 3.8) is 0 Å². The third-order valence-electron chi connectivity index (χ3n) is 1.76. The van der Waals surface area contributed by atoms with Crippen LogP contribution in [-0.4, -0.2) is 6.17 Å². The minimum absolute atomic E-state index is 0.616. The molecule has 0 fully saturated rings. The van der Waals surface area contributed by atoms with E-state index in [0.717, 1.165) is 19.3 Å². The van der Waals surface area contributed by atoms with Gasteiger partial charge in [-0.1, -0.05) is 25.3 Å². The summed E-state index contributed by atoms with van der Waals surface area (Å²) in [5.41, 5.74) is 0. The molecule has 1 atom stereocenters. The van der Waals surface area contributed by atoms with E-state index in [9.17, 15) is 4.39 Å². The van der Waals surface area contributed by atoms with E-state index in [0.29, 0.717) is 0 Å². The summed E-state index contributed by atoms with van der Waals surface area (Å²) < 4.78 is 12.3. The Kier molecular flexibility index (Phi) is 7.54. The van der Waals surface area contributed by atoms with Crippen LogP contribution in [0.4, 0.5) is 4.39 Å². The Bertz CT molecular complexity index is 86.9. The van der Waals surface area contributed by atoms with Crippen molar-refractivity contribution < 1.29 is 4.39 Å². The summed E-state index contributed by atoms with van der Waals surface area (Å²) in [5.74, 6) is 0. The van der Waals surface area contributed by atoms with Gasteiger partial charge in [0.15, 0.2) is 0 Å². The Balaban J connectivity index is 2.85. The third-order valence-corrected chi connectivity index (χ3v) is 1.76. The second-order valence-corrected chi connectivity index (χ2v) is 3.06. The monoisotopic (exact) mass is 158 g/mol. The van der Waals surface area contributed by atoms with Crippen LogP contribution in [0.25, 0.3) is 0 Å². The van der Waals surface area contributed by atoms with Crippen molar-refractivity contribution in [2.24, 2.45) is 0 Å². The van der Waals surface area contributed by atoms with E-state index in [4.69, 9.17) is 0 Å². The fourth-order valence-corrected chi connectivity index (χ4v) is 1.07. The van der Waals surface area contributed by atoms with Crippen LogP contribution in [0.5, 0.6) is 0 Å². The molecule has 0 aliphatic heterocycles. The lowest BCUT2D eigenvalue weighted by Gasteiger charge is -2.00. The molecule has 0 bridgehead atoms. The SMILES string of the molecule is C=CCCCCCCC(C)F. The quantitative estimate of drug-likeness (QED) is 0.389. The molecule has 0 heterocycles. The Hall–Kier alpha value is -0.330. The fourth-order valence-electron chi connectivity index (χ4n) is 1.07. The summed E-state index contributed by atoms with van der Waals surface area (Å²) >= 11 is 0. The van der Waals surface area contributed by atoms with Crippen molar-refractivity contribution in [3.8, 4) is 0 Å². The number of allylic oxidation sites excluding steroid dienone is 1. The maximum atomic E-state index is 12.3. The van der Waals surface area contributed by atoms with E-state index in [1.807, 2.05) is 6.08 Å². The highest BCUT2D eigenvalue weighted by Crippen LogP contribution is 2.08. The standard InChI is InChI=1S/C10H19F/c1-3-4-5-6-7-8-9-10(2)11/h3,10H,1,4-9H2,2H3. The van der Waals surface area contributed by atoms with Crippen molar-refractivity contribution in [1.82, 2.24) is 0 Å². The predicted octanol–water partition coefficient (Wildman–Crippen LogP) is 3.87. The van der Waals surface area contributed by atoms with Gasteiger partial charge in [0.2, 0.25) is 0 Å². The van der Waals surface area contributed by atoms with Crippen molar-refractivity contribution in [3.05, 3.63) is 12.7 Å². The van der Waals surface area contributed by atoms with Crippen LogP contribution in [0.2, 0.25) is 0 Å². The zero-order valence-electron chi connectivity index (χ0n) is 7.48. The summed E-state index contributed by atoms with van der Waals surface area (Å²) in [6.07, 6.45) is 7.80. The molecule has 0 saturated heterocycles. The summed E-state index contributed by atoms with van der Waals surface area (Å²) in [6.45, 7) is 5.28. The van der Waals surface area contributed by atoms with Gasteiger partial charge >= 0.3 is 0 Å². The summed E-state index contributed by atoms with van der Waals surface area (Å²) in [4.78, 5) is 0. The summed E-state index contributed by atoms with van der Waals surface area (Å²) in [5, 5.41) is 0. The first-order valence-corrected chi connectivity index (χ1v) is 4.52. The second-order valence-electron chi connectivity index (χ2n) is 3.06. The van der Waals surface area contributed by atoms with E-state index in [2.05, 4.69) is 6.58 Å². The highest BCUT2D eigenvalue weighted by atomic mass is 19.1. The maximum absolute atomic E-state index is 12.3. The minimum Gasteiger partial charge on any atom is -0.248 e. The zero-order valence-corrected chi connectivity index (χ0v) is 7.48. The van der Waals surface area contributed by atoms with Gasteiger partial charge in [0.05, 0.1) is 6.17 Å². The number of rotatable bonds is 7. The number of hydrogen-bond acceptors (Lipinski definition) is 0. The highest BCUT2D eigenvalue weighted by molar-refractivity contribution is 4.65. The number of alkyl halides is 1. The molecule has 1 unspecified atom stereocenters. The molecule has 0 aromatic rings. The van der Waals surface area contributed by atoms with E-state index in [-0.39, 0.29) is 0 Å². The molecule has 0 N–H and O–H groups in total. The van der Waals surface area contributed by atoms with Crippen LogP contribution in [0.15, 0.2) is 12.7 Å². The Morgan fingerprint density at radius 1 is 1.27 bits per heavy atom. The molecule has 0 spiro atoms. The third kappa shape index (κ3) is 9.67. The lowest BCUT2D eigenvalue weighted by atomic mass is 10.1. The topological polar surface area (TPSA) is 0 Å². The lowest BCUT2D eigenvalue weighted by molar-refractivity contribution is 0.330. The normalized spacial score (nSPS) is 12.9. The van der Waals surface area contributed by atoms with E-state index in [1.54, 1.807) is 6.92 Å². The first-order valence-electron chi connectivity index (χ1n) is 4.52. The molecule has 11 heavy (non-hydrogen) atoms. The van der Waals surface area contributed by atoms with Gasteiger partial charge in [-0.25, -0.2) is 4.39 Å². The fraction of sp³-hybridized carbons (Fsp3) is 0.800. The van der Waals surface area contributed by atoms with Crippen LogP contribution in [0.3, 0.4) is 0 Å². The van der Waals surface area contributed by atoms with Crippen molar-refractivity contribution >= 4 is 0 Å². The van der Waals surface area contributed by atoms with Crippen LogP contribution < -0.4 is 0 Å². The number of halogens is 1. The molecule has 0 saturated carbocycles. The lowest BCUT2D eigenvalue weighted by Crippen LogP contribution is -1.91. The Labute approximate surface area is 69.5 Å². The first kappa shape index (κ1) is 10.7. The molecular weight excluding hydrogens is 139 g/mol. The molecule has 0 nitrogen and oxygen atoms in total. The maximum Gasteiger partial charge on any atom is 0.0973 e. The van der Waals surface area contributed by atoms with Gasteiger partial charge in [-0.05, 0) is 26.2 Å². The highest BCUT2D eigenvalue weighted by Gasteiger charge is 1.96. The van der Waals surface area contributed by atoms with E-state index < -0.39 is 6.17 Å². The Morgan fingerprint density at radius 2 is 1.91 bits per heavy atom. The molecule has 0 radical (unpaired) electrons. The van der Waals surface area contributed by atoms with E-state index in [1.165, 1.54) is 19.3 Å². The van der Waals surface area contributed by atoms with Gasteiger partial charge in [-0.2, -0.15) is 0 Å². The smallest absolute Gasteiger partial charge is 0.0973 e. The zero-order chi connectivity index (χ0) is 8.53. The molecule has 0 aliphatic carbocycles. The molecule has 1 heteroatoms. The van der Waals surface area contributed by atoms with Gasteiger partial charge in [0, 0.05) is 0 Å². The molecule has 0 aromatic carbocycles. The first-order chi connectivity index (χ1) is 5.27. The molecule has 0 aromatic heterocycles.